The lowest BCUT2D eigenvalue weighted by molar-refractivity contribution is -0.131. The van der Waals surface area contributed by atoms with E-state index in [1.807, 2.05) is 38.1 Å². The van der Waals surface area contributed by atoms with E-state index in [4.69, 9.17) is 5.14 Å². The van der Waals surface area contributed by atoms with Crippen molar-refractivity contribution in [2.45, 2.75) is 31.2 Å². The molecule has 2 rings (SSSR count). The predicted molar refractivity (Wildman–Crippen MR) is 93.9 cm³/mol. The normalized spacial score (nSPS) is 12.7. The van der Waals surface area contributed by atoms with Crippen LogP contribution in [0.3, 0.4) is 0 Å². The molecule has 0 aliphatic heterocycles. The molecule has 0 aliphatic carbocycles. The van der Waals surface area contributed by atoms with Gasteiger partial charge in [-0.05, 0) is 37.1 Å². The Balaban J connectivity index is 2.09. The Morgan fingerprint density at radius 2 is 1.62 bits per heavy atom. The third-order valence-corrected chi connectivity index (χ3v) is 5.07. The van der Waals surface area contributed by atoms with Crippen molar-refractivity contribution < 1.29 is 13.2 Å². The fourth-order valence-corrected chi connectivity index (χ4v) is 2.90. The van der Waals surface area contributed by atoms with Crippen molar-refractivity contribution in [1.29, 1.82) is 0 Å². The van der Waals surface area contributed by atoms with Gasteiger partial charge in [0.2, 0.25) is 15.9 Å². The van der Waals surface area contributed by atoms with Gasteiger partial charge in [0.15, 0.2) is 0 Å². The second kappa shape index (κ2) is 7.15. The van der Waals surface area contributed by atoms with Crippen molar-refractivity contribution in [2.24, 2.45) is 5.14 Å². The maximum Gasteiger partial charge on any atom is 0.238 e. The highest BCUT2D eigenvalue weighted by Gasteiger charge is 2.18. The van der Waals surface area contributed by atoms with Gasteiger partial charge >= 0.3 is 0 Å². The number of likely N-dealkylation sites (N-methyl/N-ethyl adjacent to an activating group) is 1. The highest BCUT2D eigenvalue weighted by atomic mass is 32.2. The molecule has 0 saturated carbocycles. The number of hydrogen-bond acceptors (Lipinski definition) is 3. The number of carbonyl (C=O) groups is 1. The number of nitrogens with zero attached hydrogens (tertiary/aromatic N) is 1. The summed E-state index contributed by atoms with van der Waals surface area (Å²) in [5.41, 5.74) is 2.97. The minimum absolute atomic E-state index is 0.00174. The Morgan fingerprint density at radius 3 is 2.12 bits per heavy atom. The first-order valence-electron chi connectivity index (χ1n) is 7.62. The molecule has 5 nitrogen and oxygen atoms in total. The SMILES string of the molecule is Cc1ccc(CC(=O)N(C)C(C)c2ccc(S(N)(=O)=O)cc2)cc1. The van der Waals surface area contributed by atoms with Crippen LogP contribution in [-0.4, -0.2) is 26.3 Å². The fourth-order valence-electron chi connectivity index (χ4n) is 2.38. The van der Waals surface area contributed by atoms with Crippen molar-refractivity contribution in [2.75, 3.05) is 7.05 Å². The molecule has 1 amide bonds. The molecule has 2 N–H and O–H groups in total. The average molecular weight is 346 g/mol. The van der Waals surface area contributed by atoms with Crippen molar-refractivity contribution in [3.05, 3.63) is 65.2 Å². The Kier molecular flexibility index (Phi) is 5.41. The van der Waals surface area contributed by atoms with Gasteiger partial charge in [0.05, 0.1) is 17.4 Å². The molecule has 24 heavy (non-hydrogen) atoms. The maximum absolute atomic E-state index is 12.4. The Labute approximate surface area is 143 Å². The molecule has 0 aliphatic rings. The summed E-state index contributed by atoms with van der Waals surface area (Å²) in [6.07, 6.45) is 0.330. The Hall–Kier alpha value is -2.18. The van der Waals surface area contributed by atoms with E-state index in [2.05, 4.69) is 0 Å². The zero-order valence-electron chi connectivity index (χ0n) is 14.1. The molecule has 0 fully saturated rings. The summed E-state index contributed by atoms with van der Waals surface area (Å²) >= 11 is 0. The van der Waals surface area contributed by atoms with Crippen LogP contribution in [0.1, 0.15) is 29.7 Å². The molecule has 1 atom stereocenters. The highest BCUT2D eigenvalue weighted by Crippen LogP contribution is 2.21. The van der Waals surface area contributed by atoms with Crippen LogP contribution in [0.15, 0.2) is 53.4 Å². The van der Waals surface area contributed by atoms with Crippen LogP contribution in [0.2, 0.25) is 0 Å². The second-order valence-electron chi connectivity index (χ2n) is 5.96. The molecular formula is C18H22N2O3S. The average Bonchev–Trinajstić information content (AvgIpc) is 2.55. The number of carbonyl (C=O) groups excluding carboxylic acids is 1. The smallest absolute Gasteiger partial charge is 0.238 e. The molecule has 0 heterocycles. The zero-order valence-corrected chi connectivity index (χ0v) is 14.9. The van der Waals surface area contributed by atoms with E-state index in [9.17, 15) is 13.2 Å². The number of nitrogens with two attached hydrogens (primary N) is 1. The first kappa shape index (κ1) is 18.2. The van der Waals surface area contributed by atoms with Gasteiger partial charge in [0.25, 0.3) is 0 Å². The summed E-state index contributed by atoms with van der Waals surface area (Å²) in [7, 11) is -1.96. The van der Waals surface area contributed by atoms with Crippen molar-refractivity contribution >= 4 is 15.9 Å². The molecule has 2 aromatic rings. The van der Waals surface area contributed by atoms with E-state index in [0.717, 1.165) is 16.7 Å². The second-order valence-corrected chi connectivity index (χ2v) is 7.52. The Bertz CT molecular complexity index is 812. The lowest BCUT2D eigenvalue weighted by Crippen LogP contribution is -2.31. The van der Waals surface area contributed by atoms with E-state index >= 15 is 0 Å². The maximum atomic E-state index is 12.4. The summed E-state index contributed by atoms with van der Waals surface area (Å²) in [6, 6.07) is 14.0. The monoisotopic (exact) mass is 346 g/mol. The first-order chi connectivity index (χ1) is 11.2. The van der Waals surface area contributed by atoms with Crippen LogP contribution in [0, 0.1) is 6.92 Å². The molecule has 0 radical (unpaired) electrons. The molecule has 0 spiro atoms. The molecule has 6 heteroatoms. The fraction of sp³-hybridized carbons (Fsp3) is 0.278. The number of hydrogen-bond donors (Lipinski definition) is 1. The number of sulfonamides is 1. The molecule has 1 unspecified atom stereocenters. The van der Waals surface area contributed by atoms with E-state index in [-0.39, 0.29) is 16.8 Å². The largest absolute Gasteiger partial charge is 0.339 e. The standard InChI is InChI=1S/C18H22N2O3S/c1-13-4-6-15(7-5-13)12-18(21)20(3)14(2)16-8-10-17(11-9-16)24(19,22)23/h4-11,14H,12H2,1-3H3,(H2,19,22,23). The number of benzene rings is 2. The molecule has 0 saturated heterocycles. The molecular weight excluding hydrogens is 324 g/mol. The van der Waals surface area contributed by atoms with Gasteiger partial charge < -0.3 is 4.90 Å². The van der Waals surface area contributed by atoms with Crippen molar-refractivity contribution in [3.8, 4) is 0 Å². The van der Waals surface area contributed by atoms with Gasteiger partial charge in [-0.2, -0.15) is 0 Å². The van der Waals surface area contributed by atoms with Crippen LogP contribution in [0.25, 0.3) is 0 Å². The van der Waals surface area contributed by atoms with Crippen LogP contribution in [0.4, 0.5) is 0 Å². The molecule has 128 valence electrons. The van der Waals surface area contributed by atoms with Crippen LogP contribution in [-0.2, 0) is 21.2 Å². The van der Waals surface area contributed by atoms with E-state index in [1.165, 1.54) is 12.1 Å². The summed E-state index contributed by atoms with van der Waals surface area (Å²) in [6.45, 7) is 3.91. The van der Waals surface area contributed by atoms with Gasteiger partial charge in [-0.3, -0.25) is 4.79 Å². The van der Waals surface area contributed by atoms with Gasteiger partial charge in [-0.25, -0.2) is 13.6 Å². The quantitative estimate of drug-likeness (QED) is 0.903. The van der Waals surface area contributed by atoms with Crippen LogP contribution >= 0.6 is 0 Å². The minimum Gasteiger partial charge on any atom is -0.339 e. The predicted octanol–water partition coefficient (Wildman–Crippen LogP) is 2.40. The molecule has 2 aromatic carbocycles. The highest BCUT2D eigenvalue weighted by molar-refractivity contribution is 7.89. The molecule has 0 bridgehead atoms. The number of rotatable bonds is 5. The van der Waals surface area contributed by atoms with Gasteiger partial charge in [-0.1, -0.05) is 42.0 Å². The van der Waals surface area contributed by atoms with Crippen LogP contribution < -0.4 is 5.14 Å². The topological polar surface area (TPSA) is 80.5 Å². The van der Waals surface area contributed by atoms with E-state index in [1.54, 1.807) is 24.1 Å². The van der Waals surface area contributed by atoms with Crippen LogP contribution in [0.5, 0.6) is 0 Å². The lowest BCUT2D eigenvalue weighted by Gasteiger charge is -2.25. The summed E-state index contributed by atoms with van der Waals surface area (Å²) < 4.78 is 22.6. The third kappa shape index (κ3) is 4.43. The zero-order chi connectivity index (χ0) is 17.9. The summed E-state index contributed by atoms with van der Waals surface area (Å²) in [5, 5.41) is 5.10. The number of amides is 1. The molecule has 0 aromatic heterocycles. The number of primary sulfonamides is 1. The number of aryl methyl sites for hydroxylation is 1. The van der Waals surface area contributed by atoms with E-state index in [0.29, 0.717) is 6.42 Å². The first-order valence-corrected chi connectivity index (χ1v) is 9.17. The van der Waals surface area contributed by atoms with Crippen molar-refractivity contribution in [1.82, 2.24) is 4.90 Å². The Morgan fingerprint density at radius 1 is 1.08 bits per heavy atom. The van der Waals surface area contributed by atoms with Gasteiger partial charge in [0, 0.05) is 7.05 Å². The summed E-state index contributed by atoms with van der Waals surface area (Å²) in [5.74, 6) is 0.00174. The van der Waals surface area contributed by atoms with E-state index < -0.39 is 10.0 Å². The van der Waals surface area contributed by atoms with Crippen molar-refractivity contribution in [3.63, 3.8) is 0 Å². The lowest BCUT2D eigenvalue weighted by atomic mass is 10.1. The van der Waals surface area contributed by atoms with Gasteiger partial charge in [0.1, 0.15) is 0 Å². The van der Waals surface area contributed by atoms with Gasteiger partial charge in [-0.15, -0.1) is 0 Å². The third-order valence-electron chi connectivity index (χ3n) is 4.14. The summed E-state index contributed by atoms with van der Waals surface area (Å²) in [4.78, 5) is 14.2. The minimum atomic E-state index is -3.71.